The first-order valence-electron chi connectivity index (χ1n) is 10.1. The Morgan fingerprint density at radius 2 is 2.30 bits per heavy atom. The highest BCUT2D eigenvalue weighted by molar-refractivity contribution is 7.15. The molecule has 0 spiro atoms. The number of nitriles is 1. The number of fused-ring (bicyclic) bond motifs is 1. The van der Waals surface area contributed by atoms with Crippen LogP contribution in [0.1, 0.15) is 16.9 Å². The van der Waals surface area contributed by atoms with Crippen LogP contribution in [0, 0.1) is 11.3 Å². The summed E-state index contributed by atoms with van der Waals surface area (Å²) in [4.78, 5) is 28.1. The molecule has 4 rings (SSSR count). The molecule has 8 heteroatoms. The number of hydrogen-bond donors (Lipinski definition) is 2. The van der Waals surface area contributed by atoms with Gasteiger partial charge in [0.05, 0.1) is 12.5 Å². The van der Waals surface area contributed by atoms with Crippen LogP contribution >= 0.6 is 11.3 Å². The molecule has 30 heavy (non-hydrogen) atoms. The van der Waals surface area contributed by atoms with Crippen molar-refractivity contribution in [3.8, 4) is 16.5 Å². The average molecular weight is 425 g/mol. The van der Waals surface area contributed by atoms with Gasteiger partial charge in [0.1, 0.15) is 12.1 Å². The molecule has 0 saturated carbocycles. The molecule has 0 radical (unpaired) electrons. The Bertz CT molecular complexity index is 989. The highest BCUT2D eigenvalue weighted by atomic mass is 32.1. The van der Waals surface area contributed by atoms with Crippen molar-refractivity contribution in [1.29, 1.82) is 5.26 Å². The molecule has 156 valence electrons. The van der Waals surface area contributed by atoms with Crippen LogP contribution in [-0.2, 0) is 27.2 Å². The fourth-order valence-corrected chi connectivity index (χ4v) is 4.76. The third-order valence-corrected chi connectivity index (χ3v) is 6.58. The Morgan fingerprint density at radius 3 is 3.13 bits per heavy atom. The monoisotopic (exact) mass is 424 g/mol. The van der Waals surface area contributed by atoms with E-state index in [9.17, 15) is 14.9 Å². The smallest absolute Gasteiger partial charge is 0.251 e. The third kappa shape index (κ3) is 4.38. The molecular weight excluding hydrogens is 400 g/mol. The van der Waals surface area contributed by atoms with E-state index in [-0.39, 0.29) is 11.8 Å². The van der Waals surface area contributed by atoms with Crippen LogP contribution in [0.25, 0.3) is 10.4 Å². The average Bonchev–Trinajstić information content (AvgIpc) is 3.19. The van der Waals surface area contributed by atoms with Crippen molar-refractivity contribution in [1.82, 2.24) is 10.6 Å². The first-order chi connectivity index (χ1) is 14.5. The molecule has 7 nitrogen and oxygen atoms in total. The highest BCUT2D eigenvalue weighted by Gasteiger charge is 2.25. The number of benzene rings is 1. The van der Waals surface area contributed by atoms with Crippen molar-refractivity contribution >= 4 is 28.8 Å². The van der Waals surface area contributed by atoms with E-state index >= 15 is 0 Å². The molecule has 0 bridgehead atoms. The fraction of sp³-hybridized carbons (Fsp3) is 0.409. The maximum absolute atomic E-state index is 12.4. The highest BCUT2D eigenvalue weighted by Crippen LogP contribution is 2.35. The molecule has 2 aliphatic heterocycles. The summed E-state index contributed by atoms with van der Waals surface area (Å²) in [5, 5.41) is 15.5. The Labute approximate surface area is 179 Å². The Hall–Kier alpha value is -2.73. The van der Waals surface area contributed by atoms with Crippen molar-refractivity contribution in [2.75, 3.05) is 31.6 Å². The van der Waals surface area contributed by atoms with Crippen molar-refractivity contribution in [3.05, 3.63) is 40.8 Å². The molecule has 1 aromatic heterocycles. The van der Waals surface area contributed by atoms with Gasteiger partial charge in [-0.15, -0.1) is 11.3 Å². The van der Waals surface area contributed by atoms with E-state index < -0.39 is 12.1 Å². The van der Waals surface area contributed by atoms with Gasteiger partial charge in [-0.25, -0.2) is 0 Å². The van der Waals surface area contributed by atoms with Crippen molar-refractivity contribution in [2.45, 2.75) is 31.4 Å². The minimum Gasteiger partial charge on any atom is -0.367 e. The summed E-state index contributed by atoms with van der Waals surface area (Å²) < 4.78 is 5.57. The zero-order valence-electron chi connectivity index (χ0n) is 16.8. The molecule has 1 fully saturated rings. The van der Waals surface area contributed by atoms with Gasteiger partial charge in [0.15, 0.2) is 0 Å². The second-order valence-corrected chi connectivity index (χ2v) is 8.72. The molecule has 2 atom stereocenters. The van der Waals surface area contributed by atoms with Crippen LogP contribution in [0.5, 0.6) is 0 Å². The molecule has 0 aliphatic carbocycles. The van der Waals surface area contributed by atoms with E-state index in [4.69, 9.17) is 4.74 Å². The second-order valence-electron chi connectivity index (χ2n) is 7.55. The predicted molar refractivity (Wildman–Crippen MR) is 115 cm³/mol. The summed E-state index contributed by atoms with van der Waals surface area (Å²) in [6.45, 7) is 1.83. The van der Waals surface area contributed by atoms with E-state index in [1.165, 1.54) is 0 Å². The lowest BCUT2D eigenvalue weighted by Gasteiger charge is -2.17. The van der Waals surface area contributed by atoms with Crippen molar-refractivity contribution in [3.63, 3.8) is 0 Å². The summed E-state index contributed by atoms with van der Waals surface area (Å²) >= 11 is 1.59. The van der Waals surface area contributed by atoms with Gasteiger partial charge >= 0.3 is 0 Å². The van der Waals surface area contributed by atoms with Crippen LogP contribution < -0.4 is 15.5 Å². The van der Waals surface area contributed by atoms with Gasteiger partial charge < -0.3 is 20.3 Å². The number of amides is 2. The van der Waals surface area contributed by atoms with Crippen LogP contribution in [0.4, 0.5) is 5.69 Å². The summed E-state index contributed by atoms with van der Waals surface area (Å²) in [6, 6.07) is 11.7. The lowest BCUT2D eigenvalue weighted by molar-refractivity contribution is -0.132. The maximum atomic E-state index is 12.4. The minimum atomic E-state index is -0.611. The first-order valence-corrected chi connectivity index (χ1v) is 10.9. The number of carbonyl (C=O) groups excluding carboxylic acids is 2. The molecule has 2 aromatic rings. The zero-order chi connectivity index (χ0) is 21.1. The predicted octanol–water partition coefficient (Wildman–Crippen LogP) is 1.86. The molecule has 1 saturated heterocycles. The Kier molecular flexibility index (Phi) is 6.13. The van der Waals surface area contributed by atoms with Crippen LogP contribution in [0.15, 0.2) is 30.3 Å². The van der Waals surface area contributed by atoms with E-state index in [1.54, 1.807) is 23.3 Å². The summed E-state index contributed by atoms with van der Waals surface area (Å²) in [5.41, 5.74) is 3.04. The van der Waals surface area contributed by atoms with Gasteiger partial charge in [0, 0.05) is 42.1 Å². The number of carbonyl (C=O) groups is 2. The second kappa shape index (κ2) is 8.96. The van der Waals surface area contributed by atoms with Crippen LogP contribution in [-0.4, -0.2) is 50.7 Å². The molecular formula is C22H24N4O3S. The number of nitrogens with one attached hydrogen (secondary N) is 2. The van der Waals surface area contributed by atoms with Gasteiger partial charge in [-0.05, 0) is 42.3 Å². The number of anilines is 1. The van der Waals surface area contributed by atoms with E-state index in [1.807, 2.05) is 30.3 Å². The molecule has 2 aliphatic rings. The van der Waals surface area contributed by atoms with Gasteiger partial charge in [-0.1, -0.05) is 12.1 Å². The number of thiophene rings is 1. The van der Waals surface area contributed by atoms with Crippen LogP contribution in [0.2, 0.25) is 0 Å². The third-order valence-electron chi connectivity index (χ3n) is 5.43. The summed E-state index contributed by atoms with van der Waals surface area (Å²) in [5.74, 6) is -0.145. The van der Waals surface area contributed by atoms with Crippen molar-refractivity contribution in [2.24, 2.45) is 0 Å². The van der Waals surface area contributed by atoms with E-state index in [0.717, 1.165) is 39.5 Å². The lowest BCUT2D eigenvalue weighted by Crippen LogP contribution is -2.46. The lowest BCUT2D eigenvalue weighted by atomic mass is 10.1. The van der Waals surface area contributed by atoms with Crippen molar-refractivity contribution < 1.29 is 14.3 Å². The van der Waals surface area contributed by atoms with Crippen LogP contribution in [0.3, 0.4) is 0 Å². The number of rotatable bonds is 5. The molecule has 3 heterocycles. The number of ether oxygens (including phenoxy) is 1. The quantitative estimate of drug-likeness (QED) is 0.764. The zero-order valence-corrected chi connectivity index (χ0v) is 17.6. The number of likely N-dealkylation sites (N-methyl/N-ethyl adjacent to an activating group) is 1. The molecule has 1 aromatic carbocycles. The van der Waals surface area contributed by atoms with Gasteiger partial charge in [0.25, 0.3) is 5.91 Å². The standard InChI is InChI=1S/C22H24N4O3S/c1-26-18-9-15(4-3-14(18)10-21(26)27)20-6-5-17(30-20)11-16(12-23)25-22(28)19-13-24-7-2-8-29-19/h3-6,9,16,19,24H,2,7-8,10-11,13H2,1H3,(H,25,28)/t16-,19-/m0/s1. The minimum absolute atomic E-state index is 0.106. The van der Waals surface area contributed by atoms with E-state index in [0.29, 0.717) is 26.0 Å². The van der Waals surface area contributed by atoms with E-state index in [2.05, 4.69) is 16.7 Å². The molecule has 0 unspecified atom stereocenters. The topological polar surface area (TPSA) is 94.5 Å². The van der Waals surface area contributed by atoms with Gasteiger partial charge in [0.2, 0.25) is 5.91 Å². The Morgan fingerprint density at radius 1 is 1.43 bits per heavy atom. The maximum Gasteiger partial charge on any atom is 0.251 e. The summed E-state index contributed by atoms with van der Waals surface area (Å²) in [6.07, 6.45) is 1.20. The molecule has 2 N–H and O–H groups in total. The van der Waals surface area contributed by atoms with Gasteiger partial charge in [-0.2, -0.15) is 5.26 Å². The Balaban J connectivity index is 1.42. The normalized spacial score (nSPS) is 19.7. The largest absolute Gasteiger partial charge is 0.367 e. The summed E-state index contributed by atoms with van der Waals surface area (Å²) in [7, 11) is 1.80. The van der Waals surface area contributed by atoms with Gasteiger partial charge in [-0.3, -0.25) is 9.59 Å². The number of nitrogens with zero attached hydrogens (tertiary/aromatic N) is 2. The fourth-order valence-electron chi connectivity index (χ4n) is 3.72. The first kappa shape index (κ1) is 20.5. The SMILES string of the molecule is CN1C(=O)Cc2ccc(-c3ccc(C[C@@H](C#N)NC(=O)[C@@H]4CNCCCO4)s3)cc21. The molecule has 2 amide bonds. The number of hydrogen-bond acceptors (Lipinski definition) is 6.